The average molecular weight is 228 g/mol. The molecule has 3 nitrogen and oxygen atoms in total. The van der Waals surface area contributed by atoms with Crippen LogP contribution in [-0.4, -0.2) is 36.5 Å². The highest BCUT2D eigenvalue weighted by Gasteiger charge is 2.41. The molecule has 0 aromatic carbocycles. The van der Waals surface area contributed by atoms with Crippen LogP contribution in [0.3, 0.4) is 0 Å². The van der Waals surface area contributed by atoms with Gasteiger partial charge in [-0.25, -0.2) is 0 Å². The van der Waals surface area contributed by atoms with Gasteiger partial charge in [-0.3, -0.25) is 4.79 Å². The van der Waals surface area contributed by atoms with Crippen molar-refractivity contribution >= 4 is 17.7 Å². The molecule has 0 bridgehead atoms. The Balaban J connectivity index is 1.52. The van der Waals surface area contributed by atoms with Crippen molar-refractivity contribution in [3.05, 3.63) is 0 Å². The molecule has 0 aliphatic heterocycles. The Bertz CT molecular complexity index is 237. The normalized spacial score (nSPS) is 22.5. The maximum absolute atomic E-state index is 11.5. The minimum absolute atomic E-state index is 0.149. The zero-order valence-electron chi connectivity index (χ0n) is 9.34. The summed E-state index contributed by atoms with van der Waals surface area (Å²) in [6, 6.07) is 0. The predicted octanol–water partition coefficient (Wildman–Crippen LogP) is 0.998. The van der Waals surface area contributed by atoms with Crippen molar-refractivity contribution < 1.29 is 4.79 Å². The summed E-state index contributed by atoms with van der Waals surface area (Å²) >= 11 is 1.88. The molecule has 2 saturated carbocycles. The molecule has 0 saturated heterocycles. The van der Waals surface area contributed by atoms with Crippen molar-refractivity contribution in [3.8, 4) is 0 Å². The predicted molar refractivity (Wildman–Crippen MR) is 64.1 cm³/mol. The number of nitrogens with one attached hydrogen (secondary N) is 2. The van der Waals surface area contributed by atoms with Crippen LogP contribution in [0.25, 0.3) is 0 Å². The van der Waals surface area contributed by atoms with Gasteiger partial charge in [0, 0.05) is 11.3 Å². The monoisotopic (exact) mass is 228 g/mol. The van der Waals surface area contributed by atoms with Gasteiger partial charge in [-0.15, -0.1) is 0 Å². The van der Waals surface area contributed by atoms with Crippen LogP contribution in [0.1, 0.15) is 25.7 Å². The van der Waals surface area contributed by atoms with Gasteiger partial charge in [0.1, 0.15) is 0 Å². The van der Waals surface area contributed by atoms with Gasteiger partial charge in [0.15, 0.2) is 0 Å². The van der Waals surface area contributed by atoms with Crippen LogP contribution in [0.5, 0.6) is 0 Å². The molecule has 0 heterocycles. The molecule has 0 spiro atoms. The fourth-order valence-electron chi connectivity index (χ4n) is 1.63. The van der Waals surface area contributed by atoms with Gasteiger partial charge in [0.25, 0.3) is 0 Å². The molecule has 0 radical (unpaired) electrons. The first kappa shape index (κ1) is 11.3. The zero-order chi connectivity index (χ0) is 10.7. The van der Waals surface area contributed by atoms with Crippen LogP contribution in [0.15, 0.2) is 0 Å². The Hall–Kier alpha value is -0.220. The average Bonchev–Trinajstić information content (AvgIpc) is 3.11. The maximum Gasteiger partial charge on any atom is 0.234 e. The second-order valence-electron chi connectivity index (χ2n) is 4.74. The summed E-state index contributed by atoms with van der Waals surface area (Å²) in [5.74, 6) is 0.995. The van der Waals surface area contributed by atoms with E-state index >= 15 is 0 Å². The lowest BCUT2D eigenvalue weighted by Gasteiger charge is -2.13. The summed E-state index contributed by atoms with van der Waals surface area (Å²) in [4.78, 5) is 11.5. The molecule has 2 aliphatic carbocycles. The number of amides is 1. The van der Waals surface area contributed by atoms with Gasteiger partial charge in [0.2, 0.25) is 5.91 Å². The Morgan fingerprint density at radius 2 is 2.20 bits per heavy atom. The third-order valence-corrected chi connectivity index (χ3v) is 4.68. The smallest absolute Gasteiger partial charge is 0.234 e. The molecule has 0 aromatic heterocycles. The number of carbonyl (C=O) groups excluding carboxylic acids is 1. The summed E-state index contributed by atoms with van der Waals surface area (Å²) in [6.07, 6.45) is 7.31. The zero-order valence-corrected chi connectivity index (χ0v) is 10.2. The van der Waals surface area contributed by atoms with E-state index in [9.17, 15) is 4.79 Å². The molecule has 0 unspecified atom stereocenters. The van der Waals surface area contributed by atoms with Crippen molar-refractivity contribution in [1.82, 2.24) is 10.6 Å². The highest BCUT2D eigenvalue weighted by Crippen LogP contribution is 2.46. The van der Waals surface area contributed by atoms with E-state index in [1.807, 2.05) is 11.8 Å². The first-order valence-electron chi connectivity index (χ1n) is 5.77. The van der Waals surface area contributed by atoms with Gasteiger partial charge < -0.3 is 10.6 Å². The van der Waals surface area contributed by atoms with E-state index in [2.05, 4.69) is 16.9 Å². The number of thioether (sulfide) groups is 1. The van der Waals surface area contributed by atoms with Crippen molar-refractivity contribution in [2.45, 2.75) is 30.4 Å². The van der Waals surface area contributed by atoms with E-state index in [1.54, 1.807) is 0 Å². The van der Waals surface area contributed by atoms with Gasteiger partial charge >= 0.3 is 0 Å². The van der Waals surface area contributed by atoms with Gasteiger partial charge in [-0.2, -0.15) is 11.8 Å². The fraction of sp³-hybridized carbons (Fsp3) is 0.909. The standard InChI is InChI=1S/C11H20N2OS/c1-15-11(4-5-11)8-13-10(14)7-12-6-9-2-3-9/h9,12H,2-8H2,1H3,(H,13,14). The molecule has 4 heteroatoms. The lowest BCUT2D eigenvalue weighted by Crippen LogP contribution is -2.38. The van der Waals surface area contributed by atoms with Gasteiger partial charge in [-0.05, 0) is 44.4 Å². The van der Waals surface area contributed by atoms with Crippen LogP contribution in [0.4, 0.5) is 0 Å². The largest absolute Gasteiger partial charge is 0.354 e. The molecule has 15 heavy (non-hydrogen) atoms. The molecule has 1 amide bonds. The highest BCUT2D eigenvalue weighted by atomic mass is 32.2. The summed E-state index contributed by atoms with van der Waals surface area (Å²) in [5, 5.41) is 6.21. The number of hydrogen-bond acceptors (Lipinski definition) is 3. The molecule has 2 aliphatic rings. The van der Waals surface area contributed by atoms with E-state index in [-0.39, 0.29) is 5.91 Å². The van der Waals surface area contributed by atoms with E-state index in [0.717, 1.165) is 19.0 Å². The molecule has 2 fully saturated rings. The van der Waals surface area contributed by atoms with Crippen LogP contribution in [-0.2, 0) is 4.79 Å². The second-order valence-corrected chi connectivity index (χ2v) is 6.01. The molecule has 2 N–H and O–H groups in total. The van der Waals surface area contributed by atoms with E-state index in [0.29, 0.717) is 11.3 Å². The fourth-order valence-corrected chi connectivity index (χ4v) is 2.35. The third-order valence-electron chi connectivity index (χ3n) is 3.26. The first-order valence-corrected chi connectivity index (χ1v) is 6.99. The minimum Gasteiger partial charge on any atom is -0.354 e. The summed E-state index contributed by atoms with van der Waals surface area (Å²) in [5.41, 5.74) is 0. The Labute approximate surface area is 95.8 Å². The molecule has 2 rings (SSSR count). The van der Waals surface area contributed by atoms with Crippen molar-refractivity contribution in [1.29, 1.82) is 0 Å². The molecule has 86 valence electrons. The van der Waals surface area contributed by atoms with Crippen LogP contribution in [0, 0.1) is 5.92 Å². The minimum atomic E-state index is 0.149. The van der Waals surface area contributed by atoms with Crippen molar-refractivity contribution in [3.63, 3.8) is 0 Å². The summed E-state index contributed by atoms with van der Waals surface area (Å²) < 4.78 is 0.381. The van der Waals surface area contributed by atoms with Gasteiger partial charge in [-0.1, -0.05) is 0 Å². The number of hydrogen-bond donors (Lipinski definition) is 2. The topological polar surface area (TPSA) is 41.1 Å². The molecular weight excluding hydrogens is 208 g/mol. The molecule has 0 atom stereocenters. The first-order chi connectivity index (χ1) is 7.24. The SMILES string of the molecule is CSC1(CNC(=O)CNCC2CC2)CC1. The third kappa shape index (κ3) is 3.68. The maximum atomic E-state index is 11.5. The number of carbonyl (C=O) groups is 1. The second kappa shape index (κ2) is 4.74. The summed E-state index contributed by atoms with van der Waals surface area (Å²) in [7, 11) is 0. The van der Waals surface area contributed by atoms with Crippen LogP contribution in [0.2, 0.25) is 0 Å². The van der Waals surface area contributed by atoms with Crippen LogP contribution >= 0.6 is 11.8 Å². The highest BCUT2D eigenvalue weighted by molar-refractivity contribution is 8.00. The Morgan fingerprint density at radius 1 is 1.47 bits per heavy atom. The Kier molecular flexibility index (Phi) is 3.57. The van der Waals surface area contributed by atoms with E-state index < -0.39 is 0 Å². The summed E-state index contributed by atoms with van der Waals surface area (Å²) in [6.45, 7) is 2.35. The lowest BCUT2D eigenvalue weighted by molar-refractivity contribution is -0.120. The number of rotatable bonds is 7. The van der Waals surface area contributed by atoms with Crippen LogP contribution < -0.4 is 10.6 Å². The van der Waals surface area contributed by atoms with E-state index in [1.165, 1.54) is 25.7 Å². The lowest BCUT2D eigenvalue weighted by atomic mass is 10.4. The Morgan fingerprint density at radius 3 is 2.73 bits per heavy atom. The molecule has 0 aromatic rings. The molecular formula is C11H20N2OS. The van der Waals surface area contributed by atoms with Crippen molar-refractivity contribution in [2.75, 3.05) is 25.9 Å². The van der Waals surface area contributed by atoms with E-state index in [4.69, 9.17) is 0 Å². The van der Waals surface area contributed by atoms with Gasteiger partial charge in [0.05, 0.1) is 6.54 Å². The quantitative estimate of drug-likeness (QED) is 0.683. The van der Waals surface area contributed by atoms with Crippen molar-refractivity contribution in [2.24, 2.45) is 5.92 Å².